The van der Waals surface area contributed by atoms with Crippen molar-refractivity contribution in [3.05, 3.63) is 48.4 Å². The van der Waals surface area contributed by atoms with E-state index >= 15 is 4.39 Å². The molecule has 3 fully saturated rings. The maximum atomic E-state index is 17.3. The maximum absolute atomic E-state index is 17.3. The van der Waals surface area contributed by atoms with E-state index in [1.807, 2.05) is 11.0 Å². The Morgan fingerprint density at radius 2 is 1.78 bits per heavy atom. The van der Waals surface area contributed by atoms with Gasteiger partial charge in [0.15, 0.2) is 10.9 Å². The van der Waals surface area contributed by atoms with E-state index in [9.17, 15) is 9.18 Å². The monoisotopic (exact) mass is 646 g/mol. The number of urea groups is 1. The van der Waals surface area contributed by atoms with Crippen molar-refractivity contribution >= 4 is 49.4 Å². The molecule has 14 heteroatoms. The lowest BCUT2D eigenvalue weighted by Crippen LogP contribution is -2.50. The second kappa shape index (κ2) is 11.1. The van der Waals surface area contributed by atoms with Gasteiger partial charge in [0.2, 0.25) is 0 Å². The van der Waals surface area contributed by atoms with Gasteiger partial charge < -0.3 is 30.4 Å². The van der Waals surface area contributed by atoms with Gasteiger partial charge in [0, 0.05) is 48.3 Å². The van der Waals surface area contributed by atoms with Gasteiger partial charge in [-0.1, -0.05) is 11.3 Å². The van der Waals surface area contributed by atoms with Gasteiger partial charge in [-0.3, -0.25) is 4.90 Å². The van der Waals surface area contributed by atoms with Gasteiger partial charge in [-0.2, -0.15) is 9.97 Å². The Morgan fingerprint density at radius 3 is 2.50 bits per heavy atom. The molecule has 8 rings (SSSR count). The number of rotatable bonds is 6. The van der Waals surface area contributed by atoms with Crippen molar-refractivity contribution in [1.82, 2.24) is 24.8 Å². The van der Waals surface area contributed by atoms with Crippen molar-refractivity contribution in [2.24, 2.45) is 5.73 Å². The summed E-state index contributed by atoms with van der Waals surface area (Å²) < 4.78 is 44.1. The molecular formula is C32H32F2N8O3S. The fraction of sp³-hybridized carbons (Fsp3) is 0.375. The average molecular weight is 647 g/mol. The van der Waals surface area contributed by atoms with E-state index < -0.39 is 17.7 Å². The Labute approximate surface area is 266 Å². The largest absolute Gasteiger partial charge is 0.472 e. The number of hydrogen-bond acceptors (Lipinski definition) is 10. The minimum Gasteiger partial charge on any atom is -0.472 e. The van der Waals surface area contributed by atoms with E-state index in [0.29, 0.717) is 60.7 Å². The first kappa shape index (κ1) is 28.9. The summed E-state index contributed by atoms with van der Waals surface area (Å²) in [7, 11) is 0. The number of primary amides is 1. The Hall–Kier alpha value is -4.56. The molecule has 4 N–H and O–H groups in total. The third-order valence-electron chi connectivity index (χ3n) is 9.68. The molecule has 46 heavy (non-hydrogen) atoms. The molecule has 0 atom stereocenters. The zero-order valence-corrected chi connectivity index (χ0v) is 25.8. The second-order valence-corrected chi connectivity index (χ2v) is 13.2. The SMILES string of the molecule is NC(=O)N1CCN(c2nc(OCC34CCCN3CCC4)nc3c(F)c(-c4ccc(F)c5sc(N)nc45)c(-c4ccoc4)cc23)CC1. The van der Waals surface area contributed by atoms with Crippen LogP contribution >= 0.6 is 11.3 Å². The Bertz CT molecular complexity index is 1970. The van der Waals surface area contributed by atoms with E-state index in [2.05, 4.69) is 14.9 Å². The van der Waals surface area contributed by atoms with Crippen LogP contribution in [0.4, 0.5) is 24.5 Å². The number of piperazine rings is 1. The minimum atomic E-state index is -0.626. The van der Waals surface area contributed by atoms with Crippen molar-refractivity contribution in [3.8, 4) is 28.3 Å². The molecule has 0 aliphatic carbocycles. The van der Waals surface area contributed by atoms with E-state index in [1.165, 1.54) is 24.7 Å². The van der Waals surface area contributed by atoms with Gasteiger partial charge in [-0.25, -0.2) is 18.6 Å². The first-order valence-electron chi connectivity index (χ1n) is 15.4. The van der Waals surface area contributed by atoms with Gasteiger partial charge in [-0.15, -0.1) is 0 Å². The van der Waals surface area contributed by atoms with Gasteiger partial charge in [0.05, 0.1) is 28.3 Å². The third-order valence-corrected chi connectivity index (χ3v) is 10.6. The van der Waals surface area contributed by atoms with Crippen LogP contribution in [0.3, 0.4) is 0 Å². The number of carbonyl (C=O) groups is 1. The predicted octanol–water partition coefficient (Wildman–Crippen LogP) is 5.23. The predicted molar refractivity (Wildman–Crippen MR) is 172 cm³/mol. The molecule has 0 bridgehead atoms. The number of anilines is 2. The van der Waals surface area contributed by atoms with Gasteiger partial charge in [0.1, 0.15) is 23.8 Å². The number of ether oxygens (including phenoxy) is 1. The molecule has 3 aromatic heterocycles. The summed E-state index contributed by atoms with van der Waals surface area (Å²) in [6.45, 7) is 4.15. The summed E-state index contributed by atoms with van der Waals surface area (Å²) in [4.78, 5) is 31.8. The van der Waals surface area contributed by atoms with Crippen LogP contribution in [0.15, 0.2) is 41.2 Å². The van der Waals surface area contributed by atoms with E-state index in [4.69, 9.17) is 25.6 Å². The van der Waals surface area contributed by atoms with Crippen LogP contribution in [-0.4, -0.2) is 82.2 Å². The Morgan fingerprint density at radius 1 is 1.00 bits per heavy atom. The zero-order valence-electron chi connectivity index (χ0n) is 25.0. The molecule has 5 aromatic rings. The van der Waals surface area contributed by atoms with Crippen molar-refractivity contribution < 1.29 is 22.7 Å². The molecule has 0 spiro atoms. The summed E-state index contributed by atoms with van der Waals surface area (Å²) in [6.07, 6.45) is 7.32. The number of nitrogens with zero attached hydrogens (tertiary/aromatic N) is 6. The minimum absolute atomic E-state index is 0.0625. The molecule has 11 nitrogen and oxygen atoms in total. The molecule has 3 saturated heterocycles. The Balaban J connectivity index is 1.32. The lowest BCUT2D eigenvalue weighted by atomic mass is 9.92. The van der Waals surface area contributed by atoms with Crippen molar-refractivity contribution in [2.45, 2.75) is 31.2 Å². The summed E-state index contributed by atoms with van der Waals surface area (Å²) >= 11 is 1.01. The number of carbonyl (C=O) groups excluding carboxylic acids is 1. The van der Waals surface area contributed by atoms with Crippen LogP contribution in [0.2, 0.25) is 0 Å². The van der Waals surface area contributed by atoms with E-state index in [1.54, 1.807) is 11.0 Å². The van der Waals surface area contributed by atoms with E-state index in [-0.39, 0.29) is 38.0 Å². The highest BCUT2D eigenvalue weighted by atomic mass is 32.1. The third kappa shape index (κ3) is 4.69. The second-order valence-electron chi connectivity index (χ2n) is 12.2. The summed E-state index contributed by atoms with van der Waals surface area (Å²) in [5, 5.41) is 0.644. The van der Waals surface area contributed by atoms with Gasteiger partial charge >= 0.3 is 12.0 Å². The highest BCUT2D eigenvalue weighted by molar-refractivity contribution is 7.22. The smallest absolute Gasteiger partial charge is 0.319 e. The number of halogens is 2. The van der Waals surface area contributed by atoms with E-state index in [0.717, 1.165) is 50.1 Å². The molecule has 0 radical (unpaired) electrons. The molecule has 3 aliphatic heterocycles. The molecule has 238 valence electrons. The molecule has 6 heterocycles. The van der Waals surface area contributed by atoms with Crippen LogP contribution in [-0.2, 0) is 0 Å². The fourth-order valence-corrected chi connectivity index (χ4v) is 8.16. The van der Waals surface area contributed by atoms with Crippen LogP contribution in [0, 0.1) is 11.6 Å². The summed E-state index contributed by atoms with van der Waals surface area (Å²) in [5.74, 6) is -0.616. The van der Waals surface area contributed by atoms with Crippen LogP contribution < -0.4 is 21.1 Å². The number of nitrogen functional groups attached to an aromatic ring is 1. The molecule has 0 unspecified atom stereocenters. The number of benzene rings is 2. The average Bonchev–Trinajstić information content (AvgIpc) is 3.86. The lowest BCUT2D eigenvalue weighted by molar-refractivity contribution is 0.108. The number of fused-ring (bicyclic) bond motifs is 3. The number of aromatic nitrogens is 3. The molecule has 0 saturated carbocycles. The Kier molecular flexibility index (Phi) is 6.94. The molecular weight excluding hydrogens is 614 g/mol. The van der Waals surface area contributed by atoms with Crippen molar-refractivity contribution in [1.29, 1.82) is 0 Å². The number of thiazole rings is 1. The standard InChI is InChI=1S/C32H32F2N8O3S/c33-22-4-3-19(26-27(22)46-29(35)37-26)23-20(18-5-14-44-16-18)15-21-25(24(23)34)38-31(45-17-32-6-1-8-42(32)9-2-7-32)39-28(21)40-10-12-41(13-11-40)30(36)43/h3-5,14-16H,1-2,6-13,17H2,(H2,35,37)(H2,36,43). The molecule has 2 aromatic carbocycles. The number of furan rings is 1. The quantitative estimate of drug-likeness (QED) is 0.254. The van der Waals surface area contributed by atoms with Crippen molar-refractivity contribution in [2.75, 3.05) is 56.5 Å². The topological polar surface area (TPSA) is 140 Å². The van der Waals surface area contributed by atoms with Gasteiger partial charge in [0.25, 0.3) is 0 Å². The van der Waals surface area contributed by atoms with Crippen LogP contribution in [0.5, 0.6) is 6.01 Å². The van der Waals surface area contributed by atoms with Crippen LogP contribution in [0.25, 0.3) is 43.4 Å². The van der Waals surface area contributed by atoms with Gasteiger partial charge in [-0.05, 0) is 68.6 Å². The lowest BCUT2D eigenvalue weighted by Gasteiger charge is -2.35. The molecule has 3 aliphatic rings. The number of hydrogen-bond donors (Lipinski definition) is 2. The zero-order chi connectivity index (χ0) is 31.6. The van der Waals surface area contributed by atoms with Crippen molar-refractivity contribution in [3.63, 3.8) is 0 Å². The number of amides is 2. The number of nitrogens with two attached hydrogens (primary N) is 2. The first-order valence-corrected chi connectivity index (χ1v) is 16.2. The summed E-state index contributed by atoms with van der Waals surface area (Å²) in [6, 6.07) is 5.97. The highest BCUT2D eigenvalue weighted by Crippen LogP contribution is 2.45. The summed E-state index contributed by atoms with van der Waals surface area (Å²) in [5.41, 5.74) is 13.5. The fourth-order valence-electron chi connectivity index (χ4n) is 7.40. The first-order chi connectivity index (χ1) is 22.3. The normalized spacial score (nSPS) is 18.1. The highest BCUT2D eigenvalue weighted by Gasteiger charge is 2.45. The molecule has 2 amide bonds. The van der Waals surface area contributed by atoms with Crippen LogP contribution in [0.1, 0.15) is 25.7 Å². The maximum Gasteiger partial charge on any atom is 0.319 e.